The van der Waals surface area contributed by atoms with Crippen LogP contribution in [-0.4, -0.2) is 15.0 Å². The fourth-order valence-corrected chi connectivity index (χ4v) is 3.53. The van der Waals surface area contributed by atoms with Crippen molar-refractivity contribution in [3.8, 4) is 0 Å². The Kier molecular flexibility index (Phi) is 2.76. The summed E-state index contributed by atoms with van der Waals surface area (Å²) < 4.78 is 1.83. The minimum atomic E-state index is 0.409. The fraction of sp³-hybridized carbons (Fsp3) is 0.250. The SMILES string of the molecule is Nc1nn(CC2Cc3ccccc3S2)cc1Cl. The van der Waals surface area contributed by atoms with Gasteiger partial charge in [-0.25, -0.2) is 0 Å². The monoisotopic (exact) mass is 265 g/mol. The maximum absolute atomic E-state index is 5.89. The van der Waals surface area contributed by atoms with Gasteiger partial charge >= 0.3 is 0 Å². The van der Waals surface area contributed by atoms with Gasteiger partial charge in [-0.3, -0.25) is 4.68 Å². The van der Waals surface area contributed by atoms with Gasteiger partial charge in [0.1, 0.15) is 5.02 Å². The van der Waals surface area contributed by atoms with Gasteiger partial charge in [0.15, 0.2) is 5.82 Å². The molecule has 0 radical (unpaired) electrons. The van der Waals surface area contributed by atoms with Crippen molar-refractivity contribution in [1.82, 2.24) is 9.78 Å². The van der Waals surface area contributed by atoms with E-state index in [-0.39, 0.29) is 0 Å². The molecular formula is C12H12ClN3S. The number of halogens is 1. The summed E-state index contributed by atoms with van der Waals surface area (Å²) in [5.41, 5.74) is 7.05. The van der Waals surface area contributed by atoms with Crippen molar-refractivity contribution < 1.29 is 0 Å². The van der Waals surface area contributed by atoms with Crippen LogP contribution in [0.5, 0.6) is 0 Å². The third kappa shape index (κ3) is 2.15. The molecule has 1 atom stereocenters. The third-order valence-corrected chi connectivity index (χ3v) is 4.44. The molecule has 1 aromatic heterocycles. The number of rotatable bonds is 2. The Morgan fingerprint density at radius 1 is 1.47 bits per heavy atom. The highest BCUT2D eigenvalue weighted by Crippen LogP contribution is 2.37. The summed E-state index contributed by atoms with van der Waals surface area (Å²) in [6.45, 7) is 0.844. The van der Waals surface area contributed by atoms with Crippen LogP contribution in [-0.2, 0) is 13.0 Å². The molecule has 17 heavy (non-hydrogen) atoms. The highest BCUT2D eigenvalue weighted by Gasteiger charge is 2.22. The first kappa shape index (κ1) is 11.0. The number of hydrogen-bond donors (Lipinski definition) is 1. The molecule has 1 aliphatic heterocycles. The van der Waals surface area contributed by atoms with Crippen LogP contribution >= 0.6 is 23.4 Å². The number of nitrogen functional groups attached to an aromatic ring is 1. The van der Waals surface area contributed by atoms with Gasteiger partial charge < -0.3 is 5.73 Å². The van der Waals surface area contributed by atoms with Gasteiger partial charge in [-0.15, -0.1) is 11.8 Å². The molecule has 5 heteroatoms. The number of benzene rings is 1. The van der Waals surface area contributed by atoms with E-state index in [1.54, 1.807) is 6.20 Å². The van der Waals surface area contributed by atoms with E-state index in [1.165, 1.54) is 10.5 Å². The lowest BCUT2D eigenvalue weighted by Gasteiger charge is -2.07. The first-order chi connectivity index (χ1) is 8.22. The molecule has 1 aromatic carbocycles. The standard InChI is InChI=1S/C12H12ClN3S/c13-10-7-16(15-12(10)14)6-9-5-8-3-1-2-4-11(8)17-9/h1-4,7,9H,5-6H2,(H2,14,15). The molecule has 0 amide bonds. The summed E-state index contributed by atoms with van der Waals surface area (Å²) in [5.74, 6) is 0.409. The second-order valence-electron chi connectivity index (χ2n) is 4.14. The fourth-order valence-electron chi connectivity index (χ4n) is 2.07. The number of hydrogen-bond acceptors (Lipinski definition) is 3. The molecule has 1 aliphatic rings. The lowest BCUT2D eigenvalue weighted by Crippen LogP contribution is -2.12. The Morgan fingerprint density at radius 2 is 2.29 bits per heavy atom. The van der Waals surface area contributed by atoms with E-state index >= 15 is 0 Å². The van der Waals surface area contributed by atoms with Gasteiger partial charge in [-0.2, -0.15) is 5.10 Å². The van der Waals surface area contributed by atoms with Gasteiger partial charge in [0.25, 0.3) is 0 Å². The van der Waals surface area contributed by atoms with Gasteiger partial charge in [0, 0.05) is 16.3 Å². The van der Waals surface area contributed by atoms with Gasteiger partial charge in [0.2, 0.25) is 0 Å². The lowest BCUT2D eigenvalue weighted by atomic mass is 10.1. The van der Waals surface area contributed by atoms with Crippen LogP contribution < -0.4 is 5.73 Å². The first-order valence-corrected chi connectivity index (χ1v) is 6.71. The number of anilines is 1. The maximum Gasteiger partial charge on any atom is 0.164 e. The van der Waals surface area contributed by atoms with Crippen LogP contribution in [0.4, 0.5) is 5.82 Å². The topological polar surface area (TPSA) is 43.8 Å². The quantitative estimate of drug-likeness (QED) is 0.908. The average Bonchev–Trinajstić information content (AvgIpc) is 2.83. The van der Waals surface area contributed by atoms with E-state index in [0.717, 1.165) is 13.0 Å². The van der Waals surface area contributed by atoms with Crippen LogP contribution in [0, 0.1) is 0 Å². The molecule has 0 bridgehead atoms. The van der Waals surface area contributed by atoms with Crippen molar-refractivity contribution in [2.75, 3.05) is 5.73 Å². The van der Waals surface area contributed by atoms with Crippen LogP contribution in [0.2, 0.25) is 5.02 Å². The van der Waals surface area contributed by atoms with E-state index in [9.17, 15) is 0 Å². The number of thioether (sulfide) groups is 1. The Bertz CT molecular complexity index is 508. The summed E-state index contributed by atoms with van der Waals surface area (Å²) in [7, 11) is 0. The van der Waals surface area contributed by atoms with E-state index in [4.69, 9.17) is 17.3 Å². The molecule has 2 aromatic rings. The Labute approximate surface area is 109 Å². The molecule has 0 spiro atoms. The summed E-state index contributed by atoms with van der Waals surface area (Å²) in [6, 6.07) is 8.53. The number of fused-ring (bicyclic) bond motifs is 1. The zero-order valence-electron chi connectivity index (χ0n) is 9.14. The molecule has 0 saturated heterocycles. The van der Waals surface area contributed by atoms with Gasteiger partial charge in [-0.05, 0) is 18.1 Å². The van der Waals surface area contributed by atoms with Crippen LogP contribution in [0.25, 0.3) is 0 Å². The minimum absolute atomic E-state index is 0.409. The lowest BCUT2D eigenvalue weighted by molar-refractivity contribution is 0.597. The largest absolute Gasteiger partial charge is 0.381 e. The molecule has 0 saturated carbocycles. The summed E-state index contributed by atoms with van der Waals surface area (Å²) in [4.78, 5) is 1.38. The van der Waals surface area contributed by atoms with Crippen LogP contribution in [0.1, 0.15) is 5.56 Å². The molecule has 0 fully saturated rings. The van der Waals surface area contributed by atoms with E-state index in [2.05, 4.69) is 29.4 Å². The van der Waals surface area contributed by atoms with Crippen molar-refractivity contribution in [1.29, 1.82) is 0 Å². The summed E-state index contributed by atoms with van der Waals surface area (Å²) in [5, 5.41) is 5.24. The number of aromatic nitrogens is 2. The van der Waals surface area contributed by atoms with Crippen LogP contribution in [0.15, 0.2) is 35.4 Å². The van der Waals surface area contributed by atoms with E-state index < -0.39 is 0 Å². The second kappa shape index (κ2) is 4.27. The van der Waals surface area contributed by atoms with Gasteiger partial charge in [0.05, 0.1) is 6.54 Å². The smallest absolute Gasteiger partial charge is 0.164 e. The highest BCUT2D eigenvalue weighted by molar-refractivity contribution is 8.00. The molecular weight excluding hydrogens is 254 g/mol. The van der Waals surface area contributed by atoms with Crippen molar-refractivity contribution >= 4 is 29.2 Å². The Balaban J connectivity index is 1.73. The third-order valence-electron chi connectivity index (χ3n) is 2.85. The van der Waals surface area contributed by atoms with Crippen LogP contribution in [0.3, 0.4) is 0 Å². The molecule has 3 rings (SSSR count). The normalized spacial score (nSPS) is 18.3. The summed E-state index contributed by atoms with van der Waals surface area (Å²) in [6.07, 6.45) is 2.87. The number of nitrogens with zero attached hydrogens (tertiary/aromatic N) is 2. The second-order valence-corrected chi connectivity index (χ2v) is 5.89. The molecule has 2 N–H and O–H groups in total. The predicted molar refractivity (Wildman–Crippen MR) is 71.4 cm³/mol. The Hall–Kier alpha value is -1.13. The van der Waals surface area contributed by atoms with Gasteiger partial charge in [-0.1, -0.05) is 29.8 Å². The number of nitrogens with two attached hydrogens (primary N) is 1. The average molecular weight is 266 g/mol. The zero-order valence-corrected chi connectivity index (χ0v) is 10.7. The molecule has 88 valence electrons. The minimum Gasteiger partial charge on any atom is -0.381 e. The van der Waals surface area contributed by atoms with Crippen molar-refractivity contribution in [3.05, 3.63) is 41.0 Å². The predicted octanol–water partition coefficient (Wildman–Crippen LogP) is 2.84. The first-order valence-electron chi connectivity index (χ1n) is 5.45. The highest BCUT2D eigenvalue weighted by atomic mass is 35.5. The maximum atomic E-state index is 5.89. The summed E-state index contributed by atoms with van der Waals surface area (Å²) >= 11 is 7.79. The zero-order chi connectivity index (χ0) is 11.8. The van der Waals surface area contributed by atoms with E-state index in [1.807, 2.05) is 16.4 Å². The molecule has 2 heterocycles. The molecule has 1 unspecified atom stereocenters. The van der Waals surface area contributed by atoms with Crippen molar-refractivity contribution in [2.45, 2.75) is 23.1 Å². The van der Waals surface area contributed by atoms with Crippen molar-refractivity contribution in [3.63, 3.8) is 0 Å². The molecule has 3 nitrogen and oxygen atoms in total. The molecule has 0 aliphatic carbocycles. The van der Waals surface area contributed by atoms with E-state index in [0.29, 0.717) is 16.1 Å². The van der Waals surface area contributed by atoms with Crippen molar-refractivity contribution in [2.24, 2.45) is 0 Å². The Morgan fingerprint density at radius 3 is 3.00 bits per heavy atom.